The van der Waals surface area contributed by atoms with Crippen LogP contribution >= 0.6 is 0 Å². The number of nitrogens with one attached hydrogen (secondary N) is 1. The molecule has 6 rings (SSSR count). The van der Waals surface area contributed by atoms with Crippen molar-refractivity contribution in [1.82, 2.24) is 5.32 Å². The van der Waals surface area contributed by atoms with Crippen molar-refractivity contribution in [3.8, 4) is 0 Å². The Morgan fingerprint density at radius 2 is 1.63 bits per heavy atom. The van der Waals surface area contributed by atoms with Crippen molar-refractivity contribution in [2.75, 3.05) is 13.2 Å². The SMILES string of the molecule is CC1CCC[C@H](O[C@H]2C[C@@H](C)C[C@@H](C)C(O)OCC(O)C(O)[C@@H](C)C(CCCCNC(=O)C3CCC4C5CCC6=CC(=O)C=CC6(C)C5[C@@H](O)C[C@]34C)C[C@H](C)CC2O)O1. The third-order valence-electron chi connectivity index (χ3n) is 16.7. The van der Waals surface area contributed by atoms with Gasteiger partial charge >= 0.3 is 0 Å². The van der Waals surface area contributed by atoms with Crippen LogP contribution in [0.2, 0.25) is 0 Å². The van der Waals surface area contributed by atoms with Crippen LogP contribution in [0.3, 0.4) is 0 Å². The molecule has 0 spiro atoms. The molecule has 2 aliphatic heterocycles. The van der Waals surface area contributed by atoms with Gasteiger partial charge in [0.1, 0.15) is 6.10 Å². The fraction of sp³-hybridized carbons (Fsp3) is 0.878. The van der Waals surface area contributed by atoms with Crippen LogP contribution < -0.4 is 5.32 Å². The van der Waals surface area contributed by atoms with Gasteiger partial charge in [-0.3, -0.25) is 9.59 Å². The van der Waals surface area contributed by atoms with Crippen LogP contribution in [0.4, 0.5) is 0 Å². The van der Waals surface area contributed by atoms with Gasteiger partial charge in [-0.1, -0.05) is 66.0 Å². The molecule has 11 heteroatoms. The summed E-state index contributed by atoms with van der Waals surface area (Å²) in [5.41, 5.74) is 0.539. The van der Waals surface area contributed by atoms with Crippen molar-refractivity contribution in [3.63, 3.8) is 0 Å². The van der Waals surface area contributed by atoms with Crippen LogP contribution in [0.25, 0.3) is 0 Å². The molecule has 11 unspecified atom stereocenters. The van der Waals surface area contributed by atoms with E-state index in [4.69, 9.17) is 14.2 Å². The van der Waals surface area contributed by atoms with E-state index in [-0.39, 0.29) is 82.9 Å². The molecule has 11 nitrogen and oxygen atoms in total. The number of rotatable bonds is 8. The lowest BCUT2D eigenvalue weighted by Gasteiger charge is -2.58. The van der Waals surface area contributed by atoms with Crippen molar-refractivity contribution >= 4 is 11.7 Å². The van der Waals surface area contributed by atoms with Gasteiger partial charge in [-0.05, 0) is 143 Å². The monoisotopic (exact) mass is 844 g/mol. The number of ketones is 1. The average molecular weight is 844 g/mol. The number of carbonyl (C=O) groups is 2. The summed E-state index contributed by atoms with van der Waals surface area (Å²) in [6.45, 7) is 15.0. The molecule has 342 valence electrons. The van der Waals surface area contributed by atoms with Gasteiger partial charge in [0.05, 0.1) is 37.1 Å². The molecule has 0 aromatic heterocycles. The number of amides is 1. The molecule has 3 saturated carbocycles. The quantitative estimate of drug-likeness (QED) is 0.146. The van der Waals surface area contributed by atoms with Crippen molar-refractivity contribution < 1.29 is 49.3 Å². The lowest BCUT2D eigenvalue weighted by atomic mass is 9.47. The normalized spacial score (nSPS) is 47.1. The largest absolute Gasteiger partial charge is 0.393 e. The maximum atomic E-state index is 13.9. The zero-order valence-electron chi connectivity index (χ0n) is 37.8. The van der Waals surface area contributed by atoms with E-state index >= 15 is 0 Å². The van der Waals surface area contributed by atoms with Gasteiger partial charge < -0.3 is 45.1 Å². The first-order valence-electron chi connectivity index (χ1n) is 24.0. The number of carbonyl (C=O) groups excluding carboxylic acids is 2. The summed E-state index contributed by atoms with van der Waals surface area (Å²) in [6, 6.07) is 0. The molecule has 6 N–H and O–H groups in total. The van der Waals surface area contributed by atoms with Crippen LogP contribution in [-0.2, 0) is 23.8 Å². The molecule has 2 saturated heterocycles. The lowest BCUT2D eigenvalue weighted by molar-refractivity contribution is -0.230. The van der Waals surface area contributed by atoms with Gasteiger partial charge in [-0.2, -0.15) is 0 Å². The van der Waals surface area contributed by atoms with Gasteiger partial charge in [0, 0.05) is 29.7 Å². The van der Waals surface area contributed by atoms with Crippen LogP contribution in [0.15, 0.2) is 23.8 Å². The Balaban J connectivity index is 1.06. The Hall–Kier alpha value is -1.70. The summed E-state index contributed by atoms with van der Waals surface area (Å²) < 4.78 is 18.4. The predicted octanol–water partition coefficient (Wildman–Crippen LogP) is 6.62. The Morgan fingerprint density at radius 1 is 0.883 bits per heavy atom. The molecule has 0 aromatic carbocycles. The maximum Gasteiger partial charge on any atom is 0.223 e. The number of allylic oxidation sites excluding steroid dienone is 4. The molecule has 5 fully saturated rings. The van der Waals surface area contributed by atoms with E-state index in [1.165, 1.54) is 0 Å². The van der Waals surface area contributed by atoms with Crippen molar-refractivity contribution in [1.29, 1.82) is 0 Å². The highest BCUT2D eigenvalue weighted by Gasteiger charge is 2.62. The van der Waals surface area contributed by atoms with E-state index in [0.29, 0.717) is 44.1 Å². The summed E-state index contributed by atoms with van der Waals surface area (Å²) in [5.74, 6) is 0.429. The van der Waals surface area contributed by atoms with Gasteiger partial charge in [0.2, 0.25) is 5.91 Å². The first kappa shape index (κ1) is 47.8. The molecular formula is C49H81NO10. The predicted molar refractivity (Wildman–Crippen MR) is 230 cm³/mol. The molecule has 0 radical (unpaired) electrons. The highest BCUT2D eigenvalue weighted by Crippen LogP contribution is 2.66. The standard InChI is InChI=1S/C49H81NO10/c1-28-21-30(3)47(57)58-27-41(54)45(55)32(5)33(22-29(2)23-39(52)42(24-28)60-43-13-10-11-31(4)59-43)12-8-9-20-50-46(56)38-17-16-37-36-15-14-34-25-35(51)18-19-48(34,6)44(36)40(53)26-49(37,38)7/h18-19,25,28-33,36-45,47,52-55,57H,8-17,20-24,26-27H2,1-7H3,(H,50,56)/t28-,29-,30+,31?,32-,33?,36?,37?,38?,39?,40-,41?,42-,43-,44?,45?,47?,48?,49-/m0/s1. The lowest BCUT2D eigenvalue weighted by Crippen LogP contribution is -2.57. The number of hydrogen-bond donors (Lipinski definition) is 6. The molecule has 0 aromatic rings. The third-order valence-corrected chi connectivity index (χ3v) is 16.7. The first-order chi connectivity index (χ1) is 28.4. The second-order valence-corrected chi connectivity index (χ2v) is 21.3. The highest BCUT2D eigenvalue weighted by molar-refractivity contribution is 6.01. The highest BCUT2D eigenvalue weighted by atomic mass is 16.7. The Labute approximate surface area is 360 Å². The molecule has 0 bridgehead atoms. The second-order valence-electron chi connectivity index (χ2n) is 21.3. The number of aliphatic hydroxyl groups excluding tert-OH is 5. The Morgan fingerprint density at radius 3 is 2.38 bits per heavy atom. The summed E-state index contributed by atoms with van der Waals surface area (Å²) in [4.78, 5) is 26.1. The number of unbranched alkanes of at least 4 members (excludes halogenated alkanes) is 1. The van der Waals surface area contributed by atoms with Gasteiger partial charge in [0.25, 0.3) is 0 Å². The van der Waals surface area contributed by atoms with E-state index in [2.05, 4.69) is 39.9 Å². The molecule has 4 aliphatic carbocycles. The molecular weight excluding hydrogens is 763 g/mol. The van der Waals surface area contributed by atoms with Crippen molar-refractivity contribution in [2.45, 2.75) is 194 Å². The maximum absolute atomic E-state index is 13.9. The molecule has 2 heterocycles. The smallest absolute Gasteiger partial charge is 0.223 e. The minimum Gasteiger partial charge on any atom is -0.393 e. The first-order valence-corrected chi connectivity index (χ1v) is 24.0. The van der Waals surface area contributed by atoms with Crippen LogP contribution in [-0.4, -0.2) is 99.6 Å². The number of aliphatic hydroxyl groups is 5. The van der Waals surface area contributed by atoms with Gasteiger partial charge in [-0.15, -0.1) is 0 Å². The van der Waals surface area contributed by atoms with E-state index in [9.17, 15) is 35.1 Å². The Kier molecular flexibility index (Phi) is 16.3. The number of ether oxygens (including phenoxy) is 3. The van der Waals surface area contributed by atoms with Gasteiger partial charge in [-0.25, -0.2) is 0 Å². The van der Waals surface area contributed by atoms with E-state index in [1.807, 2.05) is 19.9 Å². The van der Waals surface area contributed by atoms with E-state index in [0.717, 1.165) is 76.2 Å². The molecule has 6 aliphatic rings. The summed E-state index contributed by atoms with van der Waals surface area (Å²) in [6.07, 6.45) is 12.1. The minimum atomic E-state index is -1.16. The van der Waals surface area contributed by atoms with Gasteiger partial charge in [0.15, 0.2) is 18.4 Å². The fourth-order valence-corrected chi connectivity index (χ4v) is 13.3. The van der Waals surface area contributed by atoms with Crippen molar-refractivity contribution in [2.24, 2.45) is 64.1 Å². The molecule has 60 heavy (non-hydrogen) atoms. The summed E-state index contributed by atoms with van der Waals surface area (Å²) in [5, 5.41) is 60.1. The number of hydrogen-bond acceptors (Lipinski definition) is 10. The zero-order valence-corrected chi connectivity index (χ0v) is 37.8. The van der Waals surface area contributed by atoms with Crippen LogP contribution in [0.1, 0.15) is 145 Å². The van der Waals surface area contributed by atoms with Crippen LogP contribution in [0.5, 0.6) is 0 Å². The van der Waals surface area contributed by atoms with Crippen molar-refractivity contribution in [3.05, 3.63) is 23.8 Å². The summed E-state index contributed by atoms with van der Waals surface area (Å²) in [7, 11) is 0. The minimum absolute atomic E-state index is 0.0288. The van der Waals surface area contributed by atoms with Crippen LogP contribution in [0, 0.1) is 64.1 Å². The third kappa shape index (κ3) is 10.8. The molecule has 19 atom stereocenters. The van der Waals surface area contributed by atoms with E-state index in [1.54, 1.807) is 12.2 Å². The summed E-state index contributed by atoms with van der Waals surface area (Å²) >= 11 is 0. The zero-order chi connectivity index (χ0) is 43.5. The fourth-order valence-electron chi connectivity index (χ4n) is 13.3. The van der Waals surface area contributed by atoms with E-state index < -0.39 is 36.8 Å². The Bertz CT molecular complexity index is 1500. The topological polar surface area (TPSA) is 175 Å². The molecule has 1 amide bonds. The second kappa shape index (κ2) is 20.4. The average Bonchev–Trinajstić information content (AvgIpc) is 3.54. The number of fused-ring (bicyclic) bond motifs is 5.